The van der Waals surface area contributed by atoms with Crippen LogP contribution in [0.1, 0.15) is 6.42 Å². The van der Waals surface area contributed by atoms with Gasteiger partial charge in [0.25, 0.3) is 5.91 Å². The van der Waals surface area contributed by atoms with Crippen LogP contribution in [-0.4, -0.2) is 39.2 Å². The number of rotatable bonds is 6. The molecule has 1 heterocycles. The molecule has 136 valence electrons. The molecular formula is C19H20N2O5. The summed E-state index contributed by atoms with van der Waals surface area (Å²) in [6, 6.07) is 11.5. The van der Waals surface area contributed by atoms with Gasteiger partial charge in [-0.05, 0) is 24.3 Å². The first-order valence-corrected chi connectivity index (χ1v) is 8.07. The average Bonchev–Trinajstić information content (AvgIpc) is 2.94. The van der Waals surface area contributed by atoms with Crippen LogP contribution in [0.3, 0.4) is 0 Å². The summed E-state index contributed by atoms with van der Waals surface area (Å²) in [5.74, 6) is 0.931. The normalized spacial score (nSPS) is 16.6. The Morgan fingerprint density at radius 3 is 2.38 bits per heavy atom. The fraction of sp³-hybridized carbons (Fsp3) is 0.263. The number of amides is 2. The van der Waals surface area contributed by atoms with Crippen LogP contribution >= 0.6 is 0 Å². The molecule has 0 unspecified atom stereocenters. The maximum absolute atomic E-state index is 12.9. The second-order valence-corrected chi connectivity index (χ2v) is 5.71. The van der Waals surface area contributed by atoms with Gasteiger partial charge in [0.2, 0.25) is 5.91 Å². The number of anilines is 2. The third-order valence-electron chi connectivity index (χ3n) is 4.21. The lowest BCUT2D eigenvalue weighted by molar-refractivity contribution is -0.121. The van der Waals surface area contributed by atoms with Crippen LogP contribution in [0.4, 0.5) is 11.4 Å². The van der Waals surface area contributed by atoms with Gasteiger partial charge in [-0.3, -0.25) is 9.59 Å². The maximum Gasteiger partial charge on any atom is 0.256 e. The molecule has 0 bridgehead atoms. The minimum absolute atomic E-state index is 0.0477. The summed E-state index contributed by atoms with van der Waals surface area (Å²) < 4.78 is 15.8. The van der Waals surface area contributed by atoms with Gasteiger partial charge in [0, 0.05) is 6.07 Å². The zero-order valence-electron chi connectivity index (χ0n) is 14.8. The molecule has 1 aliphatic heterocycles. The lowest BCUT2D eigenvalue weighted by atomic mass is 10.2. The lowest BCUT2D eigenvalue weighted by Crippen LogP contribution is -2.35. The topological polar surface area (TPSA) is 77.1 Å². The van der Waals surface area contributed by atoms with Gasteiger partial charge in [-0.15, -0.1) is 0 Å². The third kappa shape index (κ3) is 3.15. The van der Waals surface area contributed by atoms with E-state index in [1.165, 1.54) is 14.2 Å². The van der Waals surface area contributed by atoms with Crippen LogP contribution in [0.15, 0.2) is 42.5 Å². The highest BCUT2D eigenvalue weighted by Gasteiger charge is 2.41. The molecule has 1 aliphatic rings. The van der Waals surface area contributed by atoms with E-state index in [-0.39, 0.29) is 18.2 Å². The van der Waals surface area contributed by atoms with E-state index in [1.54, 1.807) is 37.4 Å². The first kappa shape index (κ1) is 17.6. The Bertz CT molecular complexity index is 836. The molecular weight excluding hydrogens is 336 g/mol. The van der Waals surface area contributed by atoms with E-state index in [0.29, 0.717) is 28.6 Å². The molecule has 7 heteroatoms. The van der Waals surface area contributed by atoms with Gasteiger partial charge in [-0.25, -0.2) is 4.90 Å². The zero-order chi connectivity index (χ0) is 18.7. The van der Waals surface area contributed by atoms with Gasteiger partial charge in [0.1, 0.15) is 23.3 Å². The third-order valence-corrected chi connectivity index (χ3v) is 4.21. The number of benzene rings is 2. The van der Waals surface area contributed by atoms with E-state index in [1.807, 2.05) is 12.1 Å². The molecule has 2 amide bonds. The minimum Gasteiger partial charge on any atom is -0.497 e. The highest BCUT2D eigenvalue weighted by atomic mass is 16.5. The average molecular weight is 356 g/mol. The van der Waals surface area contributed by atoms with Crippen LogP contribution in [0, 0.1) is 0 Å². The molecule has 1 atom stereocenters. The summed E-state index contributed by atoms with van der Waals surface area (Å²) in [6.45, 7) is 0. The molecule has 1 saturated heterocycles. The number of para-hydroxylation sites is 2. The fourth-order valence-electron chi connectivity index (χ4n) is 2.92. The van der Waals surface area contributed by atoms with Crippen molar-refractivity contribution < 1.29 is 23.8 Å². The van der Waals surface area contributed by atoms with Crippen molar-refractivity contribution in [1.29, 1.82) is 0 Å². The van der Waals surface area contributed by atoms with Crippen molar-refractivity contribution in [2.75, 3.05) is 31.5 Å². The van der Waals surface area contributed by atoms with Gasteiger partial charge < -0.3 is 19.5 Å². The number of hydrogen-bond acceptors (Lipinski definition) is 6. The van der Waals surface area contributed by atoms with Gasteiger partial charge in [-0.1, -0.05) is 12.1 Å². The van der Waals surface area contributed by atoms with E-state index >= 15 is 0 Å². The molecule has 1 fully saturated rings. The largest absolute Gasteiger partial charge is 0.497 e. The summed E-state index contributed by atoms with van der Waals surface area (Å²) in [4.78, 5) is 26.5. The Morgan fingerprint density at radius 2 is 1.69 bits per heavy atom. The van der Waals surface area contributed by atoms with Crippen molar-refractivity contribution in [3.05, 3.63) is 42.5 Å². The molecule has 26 heavy (non-hydrogen) atoms. The number of carbonyl (C=O) groups is 2. The Kier molecular flexibility index (Phi) is 4.97. The summed E-state index contributed by atoms with van der Waals surface area (Å²) in [7, 11) is 4.57. The summed E-state index contributed by atoms with van der Waals surface area (Å²) in [6.07, 6.45) is 0.0477. The smallest absolute Gasteiger partial charge is 0.256 e. The molecule has 3 rings (SSSR count). The molecule has 1 N–H and O–H groups in total. The van der Waals surface area contributed by atoms with E-state index in [9.17, 15) is 9.59 Å². The number of imide groups is 1. The molecule has 0 aliphatic carbocycles. The SMILES string of the molecule is COc1ccc(N2C(=O)C[C@H](Nc3ccccc3OC)C2=O)c(OC)c1. The number of methoxy groups -OCH3 is 3. The minimum atomic E-state index is -0.675. The highest BCUT2D eigenvalue weighted by molar-refractivity contribution is 6.23. The monoisotopic (exact) mass is 356 g/mol. The molecule has 0 radical (unpaired) electrons. The number of nitrogens with one attached hydrogen (secondary N) is 1. The van der Waals surface area contributed by atoms with Crippen LogP contribution in [-0.2, 0) is 9.59 Å². The first-order valence-electron chi connectivity index (χ1n) is 8.07. The van der Waals surface area contributed by atoms with Crippen molar-refractivity contribution in [3.8, 4) is 17.2 Å². The second-order valence-electron chi connectivity index (χ2n) is 5.71. The Morgan fingerprint density at radius 1 is 0.962 bits per heavy atom. The van der Waals surface area contributed by atoms with Gasteiger partial charge in [0.15, 0.2) is 0 Å². The number of hydrogen-bond donors (Lipinski definition) is 1. The summed E-state index contributed by atoms with van der Waals surface area (Å²) in [5.41, 5.74) is 1.05. The van der Waals surface area contributed by atoms with Gasteiger partial charge in [-0.2, -0.15) is 0 Å². The van der Waals surface area contributed by atoms with Crippen LogP contribution in [0.5, 0.6) is 17.2 Å². The molecule has 0 saturated carbocycles. The Balaban J connectivity index is 1.88. The van der Waals surface area contributed by atoms with E-state index in [4.69, 9.17) is 14.2 Å². The fourth-order valence-corrected chi connectivity index (χ4v) is 2.92. The number of carbonyl (C=O) groups excluding carboxylic acids is 2. The van der Waals surface area contributed by atoms with Gasteiger partial charge in [0.05, 0.1) is 39.1 Å². The molecule has 0 spiro atoms. The van der Waals surface area contributed by atoms with Crippen LogP contribution in [0.2, 0.25) is 0 Å². The van der Waals surface area contributed by atoms with Crippen LogP contribution in [0.25, 0.3) is 0 Å². The quantitative estimate of drug-likeness (QED) is 0.801. The number of nitrogens with zero attached hydrogens (tertiary/aromatic N) is 1. The highest BCUT2D eigenvalue weighted by Crippen LogP contribution is 2.36. The van der Waals surface area contributed by atoms with Crippen molar-refractivity contribution in [3.63, 3.8) is 0 Å². The second kappa shape index (κ2) is 7.35. The molecule has 2 aromatic carbocycles. The van der Waals surface area contributed by atoms with E-state index < -0.39 is 6.04 Å². The molecule has 0 aromatic heterocycles. The first-order chi connectivity index (χ1) is 12.6. The summed E-state index contributed by atoms with van der Waals surface area (Å²) >= 11 is 0. The lowest BCUT2D eigenvalue weighted by Gasteiger charge is -2.19. The van der Waals surface area contributed by atoms with Crippen molar-refractivity contribution in [1.82, 2.24) is 0 Å². The standard InChI is InChI=1S/C19H20N2O5/c1-24-12-8-9-15(17(10-12)26-3)21-18(22)11-14(19(21)23)20-13-6-4-5-7-16(13)25-2/h4-10,14,20H,11H2,1-3H3/t14-/m0/s1. The van der Waals surface area contributed by atoms with Crippen molar-refractivity contribution in [2.24, 2.45) is 0 Å². The van der Waals surface area contributed by atoms with Crippen molar-refractivity contribution in [2.45, 2.75) is 12.5 Å². The van der Waals surface area contributed by atoms with Gasteiger partial charge >= 0.3 is 0 Å². The Hall–Kier alpha value is -3.22. The van der Waals surface area contributed by atoms with E-state index in [2.05, 4.69) is 5.32 Å². The predicted molar refractivity (Wildman–Crippen MR) is 97.1 cm³/mol. The summed E-state index contributed by atoms with van der Waals surface area (Å²) in [5, 5.41) is 3.10. The van der Waals surface area contributed by atoms with Crippen molar-refractivity contribution >= 4 is 23.2 Å². The predicted octanol–water partition coefficient (Wildman–Crippen LogP) is 2.46. The zero-order valence-corrected chi connectivity index (χ0v) is 14.8. The van der Waals surface area contributed by atoms with Crippen LogP contribution < -0.4 is 24.4 Å². The maximum atomic E-state index is 12.9. The Labute approximate surface area is 151 Å². The number of ether oxygens (including phenoxy) is 3. The molecule has 2 aromatic rings. The molecule has 7 nitrogen and oxygen atoms in total. The van der Waals surface area contributed by atoms with E-state index in [0.717, 1.165) is 4.90 Å².